The third-order valence-corrected chi connectivity index (χ3v) is 2.65. The highest BCUT2D eigenvalue weighted by atomic mass is 79.9. The van der Waals surface area contributed by atoms with E-state index in [-0.39, 0.29) is 11.5 Å². The Bertz CT molecular complexity index is 497. The summed E-state index contributed by atoms with van der Waals surface area (Å²) in [6.45, 7) is 0. The molecule has 0 fully saturated rings. The van der Waals surface area contributed by atoms with E-state index in [1.165, 1.54) is 6.07 Å². The van der Waals surface area contributed by atoms with Crippen LogP contribution >= 0.6 is 15.9 Å². The zero-order valence-corrected chi connectivity index (χ0v) is 9.46. The summed E-state index contributed by atoms with van der Waals surface area (Å²) in [6.07, 6.45) is 0. The number of hydrogen-bond acceptors (Lipinski definition) is 1. The summed E-state index contributed by atoms with van der Waals surface area (Å²) in [5.41, 5.74) is 7.61. The van der Waals surface area contributed by atoms with E-state index in [9.17, 15) is 4.39 Å². The van der Waals surface area contributed by atoms with Crippen LogP contribution in [0.1, 0.15) is 0 Å². The molecule has 0 bridgehead atoms. The molecule has 3 heteroatoms. The van der Waals surface area contributed by atoms with E-state index in [1.807, 2.05) is 24.3 Å². The first-order valence-electron chi connectivity index (χ1n) is 4.48. The van der Waals surface area contributed by atoms with Gasteiger partial charge in [0.25, 0.3) is 0 Å². The first-order valence-corrected chi connectivity index (χ1v) is 5.27. The largest absolute Gasteiger partial charge is 0.396 e. The summed E-state index contributed by atoms with van der Waals surface area (Å²) < 4.78 is 13.9. The van der Waals surface area contributed by atoms with E-state index >= 15 is 0 Å². The molecule has 0 amide bonds. The number of hydrogen-bond donors (Lipinski definition) is 1. The summed E-state index contributed by atoms with van der Waals surface area (Å²) in [5, 5.41) is 0. The third-order valence-electron chi connectivity index (χ3n) is 2.15. The van der Waals surface area contributed by atoms with Crippen LogP contribution in [0.4, 0.5) is 10.1 Å². The molecule has 0 spiro atoms. The second kappa shape index (κ2) is 4.03. The highest BCUT2D eigenvalue weighted by Crippen LogP contribution is 2.25. The zero-order chi connectivity index (χ0) is 10.8. The number of benzene rings is 2. The second-order valence-corrected chi connectivity index (χ2v) is 4.16. The quantitative estimate of drug-likeness (QED) is 0.780. The van der Waals surface area contributed by atoms with Crippen LogP contribution in [0, 0.1) is 5.82 Å². The molecular weight excluding hydrogens is 257 g/mol. The monoisotopic (exact) mass is 265 g/mol. The fourth-order valence-corrected chi connectivity index (χ4v) is 1.79. The lowest BCUT2D eigenvalue weighted by Gasteiger charge is -2.04. The van der Waals surface area contributed by atoms with Crippen molar-refractivity contribution in [3.8, 4) is 11.1 Å². The van der Waals surface area contributed by atoms with Gasteiger partial charge >= 0.3 is 0 Å². The molecule has 2 rings (SSSR count). The van der Waals surface area contributed by atoms with Gasteiger partial charge in [-0.25, -0.2) is 4.39 Å². The van der Waals surface area contributed by atoms with Gasteiger partial charge < -0.3 is 5.73 Å². The van der Waals surface area contributed by atoms with Crippen LogP contribution in [0.3, 0.4) is 0 Å². The minimum atomic E-state index is -0.381. The van der Waals surface area contributed by atoms with Gasteiger partial charge in [-0.2, -0.15) is 0 Å². The SMILES string of the molecule is Nc1cc(-c2cccc(Br)c2)ccc1F. The fourth-order valence-electron chi connectivity index (χ4n) is 1.39. The van der Waals surface area contributed by atoms with Gasteiger partial charge in [0.2, 0.25) is 0 Å². The fraction of sp³-hybridized carbons (Fsp3) is 0. The molecular formula is C12H9BrFN. The van der Waals surface area contributed by atoms with E-state index in [1.54, 1.807) is 12.1 Å². The van der Waals surface area contributed by atoms with Crippen LogP contribution in [0.5, 0.6) is 0 Å². The predicted molar refractivity (Wildman–Crippen MR) is 63.9 cm³/mol. The molecule has 0 aliphatic carbocycles. The molecule has 0 atom stereocenters. The molecule has 1 nitrogen and oxygen atoms in total. The lowest BCUT2D eigenvalue weighted by atomic mass is 10.1. The van der Waals surface area contributed by atoms with Crippen LogP contribution in [0.25, 0.3) is 11.1 Å². The lowest BCUT2D eigenvalue weighted by Crippen LogP contribution is -1.90. The maximum absolute atomic E-state index is 13.0. The Morgan fingerprint density at radius 2 is 1.73 bits per heavy atom. The minimum absolute atomic E-state index is 0.174. The lowest BCUT2D eigenvalue weighted by molar-refractivity contribution is 0.632. The van der Waals surface area contributed by atoms with Crippen LogP contribution in [0.2, 0.25) is 0 Å². The van der Waals surface area contributed by atoms with Gasteiger partial charge in [-0.15, -0.1) is 0 Å². The zero-order valence-electron chi connectivity index (χ0n) is 7.87. The Morgan fingerprint density at radius 1 is 1.00 bits per heavy atom. The Balaban J connectivity index is 2.50. The van der Waals surface area contributed by atoms with Gasteiger partial charge in [0.15, 0.2) is 0 Å². The molecule has 15 heavy (non-hydrogen) atoms. The van der Waals surface area contributed by atoms with Crippen molar-refractivity contribution in [2.24, 2.45) is 0 Å². The van der Waals surface area contributed by atoms with Crippen LogP contribution in [-0.2, 0) is 0 Å². The van der Waals surface area contributed by atoms with E-state index in [0.717, 1.165) is 15.6 Å². The molecule has 0 radical (unpaired) electrons. The summed E-state index contributed by atoms with van der Waals surface area (Å²) in [7, 11) is 0. The number of anilines is 1. The molecule has 76 valence electrons. The first kappa shape index (κ1) is 10.2. The summed E-state index contributed by atoms with van der Waals surface area (Å²) in [5.74, 6) is -0.381. The highest BCUT2D eigenvalue weighted by Gasteiger charge is 2.02. The Hall–Kier alpha value is -1.35. The van der Waals surface area contributed by atoms with Crippen LogP contribution in [-0.4, -0.2) is 0 Å². The van der Waals surface area contributed by atoms with E-state index < -0.39 is 0 Å². The van der Waals surface area contributed by atoms with E-state index in [4.69, 9.17) is 5.73 Å². The van der Waals surface area contributed by atoms with Gasteiger partial charge in [0.1, 0.15) is 5.82 Å². The third kappa shape index (κ3) is 2.18. The van der Waals surface area contributed by atoms with Crippen molar-refractivity contribution in [1.82, 2.24) is 0 Å². The average molecular weight is 266 g/mol. The Labute approximate surface area is 95.9 Å². The van der Waals surface area contributed by atoms with Crippen LogP contribution < -0.4 is 5.73 Å². The predicted octanol–water partition coefficient (Wildman–Crippen LogP) is 3.84. The molecule has 2 aromatic carbocycles. The molecule has 0 saturated heterocycles. The molecule has 0 heterocycles. The highest BCUT2D eigenvalue weighted by molar-refractivity contribution is 9.10. The maximum atomic E-state index is 13.0. The molecule has 0 saturated carbocycles. The smallest absolute Gasteiger partial charge is 0.146 e. The van der Waals surface area contributed by atoms with Gasteiger partial charge in [-0.05, 0) is 35.4 Å². The van der Waals surface area contributed by atoms with Crippen molar-refractivity contribution in [3.05, 3.63) is 52.8 Å². The van der Waals surface area contributed by atoms with Gasteiger partial charge in [-0.1, -0.05) is 34.1 Å². The maximum Gasteiger partial charge on any atom is 0.146 e. The summed E-state index contributed by atoms with van der Waals surface area (Å²) in [4.78, 5) is 0. The average Bonchev–Trinajstić information content (AvgIpc) is 2.22. The number of halogens is 2. The Morgan fingerprint density at radius 3 is 2.40 bits per heavy atom. The molecule has 2 aromatic rings. The molecule has 2 N–H and O–H groups in total. The van der Waals surface area contributed by atoms with Crippen LogP contribution in [0.15, 0.2) is 46.9 Å². The Kier molecular flexibility index (Phi) is 2.73. The van der Waals surface area contributed by atoms with Crippen molar-refractivity contribution < 1.29 is 4.39 Å². The standard InChI is InChI=1S/C12H9BrFN/c13-10-3-1-2-8(6-10)9-4-5-11(14)12(15)7-9/h1-7H,15H2. The van der Waals surface area contributed by atoms with E-state index in [0.29, 0.717) is 0 Å². The second-order valence-electron chi connectivity index (χ2n) is 3.25. The first-order chi connectivity index (χ1) is 7.16. The normalized spacial score (nSPS) is 10.3. The van der Waals surface area contributed by atoms with Crippen molar-refractivity contribution in [2.75, 3.05) is 5.73 Å². The summed E-state index contributed by atoms with van der Waals surface area (Å²) >= 11 is 3.39. The number of nitrogen functional groups attached to an aromatic ring is 1. The topological polar surface area (TPSA) is 26.0 Å². The minimum Gasteiger partial charge on any atom is -0.396 e. The molecule has 0 unspecified atom stereocenters. The van der Waals surface area contributed by atoms with Gasteiger partial charge in [0.05, 0.1) is 5.69 Å². The van der Waals surface area contributed by atoms with Gasteiger partial charge in [-0.3, -0.25) is 0 Å². The number of rotatable bonds is 1. The number of nitrogens with two attached hydrogens (primary N) is 1. The van der Waals surface area contributed by atoms with Crippen molar-refractivity contribution >= 4 is 21.6 Å². The molecule has 0 aliphatic rings. The van der Waals surface area contributed by atoms with Gasteiger partial charge in [0, 0.05) is 4.47 Å². The summed E-state index contributed by atoms with van der Waals surface area (Å²) in [6, 6.07) is 12.5. The molecule has 0 aromatic heterocycles. The van der Waals surface area contributed by atoms with Crippen molar-refractivity contribution in [3.63, 3.8) is 0 Å². The molecule has 0 aliphatic heterocycles. The van der Waals surface area contributed by atoms with Crippen molar-refractivity contribution in [2.45, 2.75) is 0 Å². The van der Waals surface area contributed by atoms with E-state index in [2.05, 4.69) is 15.9 Å². The van der Waals surface area contributed by atoms with Crippen molar-refractivity contribution in [1.29, 1.82) is 0 Å².